The second-order valence-electron chi connectivity index (χ2n) is 7.86. The Kier molecular flexibility index (Phi) is 5.18. The predicted molar refractivity (Wildman–Crippen MR) is 118 cm³/mol. The molecule has 154 valence electrons. The summed E-state index contributed by atoms with van der Waals surface area (Å²) >= 11 is 5.70. The van der Waals surface area contributed by atoms with Crippen molar-refractivity contribution < 1.29 is 14.3 Å². The number of hydrogen-bond donors (Lipinski definition) is 0. The lowest BCUT2D eigenvalue weighted by Crippen LogP contribution is -2.44. The van der Waals surface area contributed by atoms with E-state index in [1.54, 1.807) is 29.3 Å². The van der Waals surface area contributed by atoms with Crippen molar-refractivity contribution in [2.45, 2.75) is 38.8 Å². The number of carbonyl (C=O) groups is 1. The Balaban J connectivity index is 1.62. The van der Waals surface area contributed by atoms with Crippen molar-refractivity contribution in [3.8, 4) is 5.88 Å². The maximum absolute atomic E-state index is 13.3. The molecule has 1 atom stereocenters. The molecule has 0 unspecified atom stereocenters. The van der Waals surface area contributed by atoms with Crippen molar-refractivity contribution in [1.29, 1.82) is 0 Å². The number of rotatable bonds is 4. The molecule has 2 fully saturated rings. The summed E-state index contributed by atoms with van der Waals surface area (Å²) in [6.45, 7) is 14.0. The summed E-state index contributed by atoms with van der Waals surface area (Å²) in [5, 5.41) is 0.375. The molecule has 1 aromatic heterocycles. The number of amides is 1. The average Bonchev–Trinajstić information content (AvgIpc) is 3.28. The van der Waals surface area contributed by atoms with Crippen LogP contribution in [0.4, 0.5) is 17.1 Å². The highest BCUT2D eigenvalue weighted by Crippen LogP contribution is 2.37. The van der Waals surface area contributed by atoms with Crippen molar-refractivity contribution in [3.05, 3.63) is 53.5 Å². The van der Waals surface area contributed by atoms with Crippen molar-refractivity contribution in [3.63, 3.8) is 0 Å². The zero-order valence-corrected chi connectivity index (χ0v) is 17.9. The molecule has 2 aliphatic heterocycles. The lowest BCUT2D eigenvalue weighted by atomic mass is 10.0. The van der Waals surface area contributed by atoms with E-state index in [0.29, 0.717) is 41.3 Å². The van der Waals surface area contributed by atoms with Crippen LogP contribution >= 0.6 is 12.2 Å². The molecule has 2 aromatic rings. The topological polar surface area (TPSA) is 59.3 Å². The summed E-state index contributed by atoms with van der Waals surface area (Å²) in [6.07, 6.45) is 2.54. The van der Waals surface area contributed by atoms with Crippen LogP contribution in [-0.4, -0.2) is 40.9 Å². The minimum Gasteiger partial charge on any atom is -0.472 e. The van der Waals surface area contributed by atoms with Crippen LogP contribution in [0.2, 0.25) is 0 Å². The van der Waals surface area contributed by atoms with E-state index in [0.717, 1.165) is 12.0 Å². The van der Waals surface area contributed by atoms with E-state index in [-0.39, 0.29) is 12.0 Å². The second kappa shape index (κ2) is 7.67. The molecule has 0 radical (unpaired) electrons. The van der Waals surface area contributed by atoms with Crippen LogP contribution in [0.3, 0.4) is 0 Å². The Morgan fingerprint density at radius 2 is 2.07 bits per heavy atom. The van der Waals surface area contributed by atoms with Gasteiger partial charge in [0.25, 0.3) is 5.91 Å². The molecule has 3 heterocycles. The number of aryl methyl sites for hydroxylation is 1. The summed E-state index contributed by atoms with van der Waals surface area (Å²) < 4.78 is 11.2. The number of aromatic nitrogens is 1. The van der Waals surface area contributed by atoms with Gasteiger partial charge >= 0.3 is 0 Å². The highest BCUT2D eigenvalue weighted by molar-refractivity contribution is 7.81. The number of thiocarbonyl (C=S) groups is 1. The standard InChI is InChI=1S/C22H22N4O3S/c1-14-11-15(5-7-18(14)23-4)25-20(27)22(2,3)26(21(25)30)16-6-8-19(24-12-16)29-17-9-10-28-13-17/h5-8,11-12,17H,9-10,13H2,1-3H3/t17-/m1/s1. The van der Waals surface area contributed by atoms with Gasteiger partial charge in [0.2, 0.25) is 5.88 Å². The number of carbonyl (C=O) groups excluding carboxylic acids is 1. The van der Waals surface area contributed by atoms with E-state index in [2.05, 4.69) is 9.83 Å². The lowest BCUT2D eigenvalue weighted by molar-refractivity contribution is -0.120. The van der Waals surface area contributed by atoms with E-state index >= 15 is 0 Å². The number of hydrogen-bond acceptors (Lipinski definition) is 5. The Hall–Kier alpha value is -3.02. The molecule has 2 saturated heterocycles. The summed E-state index contributed by atoms with van der Waals surface area (Å²) in [7, 11) is 0. The molecule has 8 heteroatoms. The van der Waals surface area contributed by atoms with E-state index in [1.165, 1.54) is 4.90 Å². The van der Waals surface area contributed by atoms with Gasteiger partial charge in [0.15, 0.2) is 10.8 Å². The Labute approximate surface area is 181 Å². The minimum absolute atomic E-state index is 0.0198. The smallest absolute Gasteiger partial charge is 0.259 e. The molecular weight excluding hydrogens is 400 g/mol. The van der Waals surface area contributed by atoms with Crippen LogP contribution < -0.4 is 14.5 Å². The van der Waals surface area contributed by atoms with Crippen LogP contribution in [0, 0.1) is 13.5 Å². The van der Waals surface area contributed by atoms with E-state index < -0.39 is 5.54 Å². The Morgan fingerprint density at radius 1 is 1.30 bits per heavy atom. The minimum atomic E-state index is -0.882. The molecule has 0 N–H and O–H groups in total. The van der Waals surface area contributed by atoms with Crippen LogP contribution in [0.25, 0.3) is 4.85 Å². The van der Waals surface area contributed by atoms with Gasteiger partial charge in [-0.1, -0.05) is 6.07 Å². The van der Waals surface area contributed by atoms with Crippen LogP contribution in [0.1, 0.15) is 25.8 Å². The highest BCUT2D eigenvalue weighted by Gasteiger charge is 2.50. The van der Waals surface area contributed by atoms with Gasteiger partial charge in [0, 0.05) is 18.2 Å². The van der Waals surface area contributed by atoms with Gasteiger partial charge in [-0.25, -0.2) is 9.83 Å². The third-order valence-corrected chi connectivity index (χ3v) is 5.75. The fourth-order valence-electron chi connectivity index (χ4n) is 3.71. The number of ether oxygens (including phenoxy) is 2. The monoisotopic (exact) mass is 422 g/mol. The van der Waals surface area contributed by atoms with Gasteiger partial charge in [-0.05, 0) is 56.8 Å². The molecule has 0 saturated carbocycles. The first-order valence-electron chi connectivity index (χ1n) is 9.70. The third-order valence-electron chi connectivity index (χ3n) is 5.38. The fourth-order valence-corrected chi connectivity index (χ4v) is 4.23. The van der Waals surface area contributed by atoms with Crippen molar-refractivity contribution in [2.75, 3.05) is 23.0 Å². The summed E-state index contributed by atoms with van der Waals surface area (Å²) in [5.74, 6) is 0.386. The summed E-state index contributed by atoms with van der Waals surface area (Å²) in [5.41, 5.74) is 1.84. The van der Waals surface area contributed by atoms with E-state index in [4.69, 9.17) is 28.3 Å². The SMILES string of the molecule is [C-]#[N+]c1ccc(N2C(=O)C(C)(C)N(c3ccc(O[C@@H]4CCOC4)nc3)C2=S)cc1C. The normalized spacial score (nSPS) is 20.5. The summed E-state index contributed by atoms with van der Waals surface area (Å²) in [4.78, 5) is 24.5. The molecule has 1 amide bonds. The van der Waals surface area contributed by atoms with Gasteiger partial charge < -0.3 is 14.4 Å². The van der Waals surface area contributed by atoms with Gasteiger partial charge in [0.1, 0.15) is 11.6 Å². The molecule has 0 spiro atoms. The van der Waals surface area contributed by atoms with Gasteiger partial charge in [-0.3, -0.25) is 9.69 Å². The van der Waals surface area contributed by atoms with E-state index in [1.807, 2.05) is 32.9 Å². The quantitative estimate of drug-likeness (QED) is 0.548. The summed E-state index contributed by atoms with van der Waals surface area (Å²) in [6, 6.07) is 8.92. The van der Waals surface area contributed by atoms with Crippen LogP contribution in [0.5, 0.6) is 5.88 Å². The van der Waals surface area contributed by atoms with Gasteiger partial charge in [0.05, 0.1) is 31.7 Å². The maximum Gasteiger partial charge on any atom is 0.259 e. The second-order valence-corrected chi connectivity index (χ2v) is 8.22. The fraction of sp³-hybridized carbons (Fsp3) is 0.364. The molecular formula is C22H22N4O3S. The zero-order chi connectivity index (χ0) is 21.5. The molecule has 30 heavy (non-hydrogen) atoms. The largest absolute Gasteiger partial charge is 0.472 e. The lowest BCUT2D eigenvalue weighted by Gasteiger charge is -2.29. The first-order valence-corrected chi connectivity index (χ1v) is 10.1. The van der Waals surface area contributed by atoms with Crippen molar-refractivity contribution >= 4 is 40.3 Å². The molecule has 0 aliphatic carbocycles. The highest BCUT2D eigenvalue weighted by atomic mass is 32.1. The van der Waals surface area contributed by atoms with Crippen LogP contribution in [-0.2, 0) is 9.53 Å². The first-order chi connectivity index (χ1) is 14.3. The number of nitrogens with zero attached hydrogens (tertiary/aromatic N) is 4. The van der Waals surface area contributed by atoms with Gasteiger partial charge in [-0.15, -0.1) is 0 Å². The van der Waals surface area contributed by atoms with E-state index in [9.17, 15) is 4.79 Å². The van der Waals surface area contributed by atoms with Crippen molar-refractivity contribution in [2.24, 2.45) is 0 Å². The maximum atomic E-state index is 13.3. The van der Waals surface area contributed by atoms with Crippen LogP contribution in [0.15, 0.2) is 36.5 Å². The Morgan fingerprint density at radius 3 is 2.67 bits per heavy atom. The molecule has 1 aromatic carbocycles. The van der Waals surface area contributed by atoms with Gasteiger partial charge in [-0.2, -0.15) is 0 Å². The third kappa shape index (κ3) is 3.40. The first kappa shape index (κ1) is 20.3. The Bertz CT molecular complexity index is 1040. The predicted octanol–water partition coefficient (Wildman–Crippen LogP) is 4.03. The number of anilines is 2. The van der Waals surface area contributed by atoms with Crippen molar-refractivity contribution in [1.82, 2.24) is 4.98 Å². The zero-order valence-electron chi connectivity index (χ0n) is 17.1. The average molecular weight is 423 g/mol. The molecule has 7 nitrogen and oxygen atoms in total. The molecule has 0 bridgehead atoms. The number of benzene rings is 1. The molecule has 2 aliphatic rings. The number of pyridine rings is 1. The molecule has 4 rings (SSSR count).